The van der Waals surface area contributed by atoms with Crippen LogP contribution in [-0.4, -0.2) is 36.6 Å². The summed E-state index contributed by atoms with van der Waals surface area (Å²) in [5.41, 5.74) is 1.09. The molecule has 0 aromatic carbocycles. The molecule has 1 aromatic heterocycles. The van der Waals surface area contributed by atoms with Crippen LogP contribution < -0.4 is 5.32 Å². The standard InChI is InChI=1S/C10H16BrN3/c1-8(14(2)3)6-13-10-4-5-12-7-9(10)11/h4-5,7-8H,6H2,1-3H3,(H,12,13). The molecule has 0 bridgehead atoms. The van der Waals surface area contributed by atoms with Crippen molar-refractivity contribution in [3.8, 4) is 0 Å². The van der Waals surface area contributed by atoms with Crippen LogP contribution >= 0.6 is 15.9 Å². The third kappa shape index (κ3) is 3.27. The molecule has 3 nitrogen and oxygen atoms in total. The average molecular weight is 258 g/mol. The molecule has 0 radical (unpaired) electrons. The van der Waals surface area contributed by atoms with E-state index in [0.717, 1.165) is 16.7 Å². The van der Waals surface area contributed by atoms with Crippen LogP contribution in [0.15, 0.2) is 22.9 Å². The van der Waals surface area contributed by atoms with E-state index in [0.29, 0.717) is 6.04 Å². The first-order valence-electron chi connectivity index (χ1n) is 4.61. The summed E-state index contributed by atoms with van der Waals surface area (Å²) in [4.78, 5) is 6.19. The number of nitrogens with one attached hydrogen (secondary N) is 1. The summed E-state index contributed by atoms with van der Waals surface area (Å²) in [6.07, 6.45) is 3.58. The van der Waals surface area contributed by atoms with Crippen LogP contribution in [0.1, 0.15) is 6.92 Å². The summed E-state index contributed by atoms with van der Waals surface area (Å²) in [5, 5.41) is 3.37. The summed E-state index contributed by atoms with van der Waals surface area (Å²) in [6.45, 7) is 3.11. The topological polar surface area (TPSA) is 28.2 Å². The highest BCUT2D eigenvalue weighted by Gasteiger charge is 2.04. The van der Waals surface area contributed by atoms with Gasteiger partial charge in [-0.3, -0.25) is 4.98 Å². The third-order valence-corrected chi connectivity index (χ3v) is 2.87. The van der Waals surface area contributed by atoms with E-state index in [1.165, 1.54) is 0 Å². The third-order valence-electron chi connectivity index (χ3n) is 2.24. The van der Waals surface area contributed by atoms with Gasteiger partial charge in [-0.25, -0.2) is 0 Å². The zero-order valence-electron chi connectivity index (χ0n) is 8.79. The van der Waals surface area contributed by atoms with Crippen LogP contribution in [0.2, 0.25) is 0 Å². The molecule has 0 saturated heterocycles. The molecule has 78 valence electrons. The van der Waals surface area contributed by atoms with Crippen molar-refractivity contribution in [1.29, 1.82) is 0 Å². The fraction of sp³-hybridized carbons (Fsp3) is 0.500. The van der Waals surface area contributed by atoms with Gasteiger partial charge in [0.2, 0.25) is 0 Å². The zero-order chi connectivity index (χ0) is 10.6. The van der Waals surface area contributed by atoms with E-state index in [-0.39, 0.29) is 0 Å². The van der Waals surface area contributed by atoms with Gasteiger partial charge in [-0.05, 0) is 43.0 Å². The van der Waals surface area contributed by atoms with Crippen LogP contribution in [0.3, 0.4) is 0 Å². The average Bonchev–Trinajstić information content (AvgIpc) is 2.16. The van der Waals surface area contributed by atoms with Gasteiger partial charge in [-0.15, -0.1) is 0 Å². The van der Waals surface area contributed by atoms with Gasteiger partial charge < -0.3 is 10.2 Å². The predicted molar refractivity (Wildman–Crippen MR) is 63.6 cm³/mol. The van der Waals surface area contributed by atoms with E-state index < -0.39 is 0 Å². The van der Waals surface area contributed by atoms with Crippen molar-refractivity contribution in [3.05, 3.63) is 22.9 Å². The number of hydrogen-bond donors (Lipinski definition) is 1. The van der Waals surface area contributed by atoms with Crippen molar-refractivity contribution in [3.63, 3.8) is 0 Å². The minimum atomic E-state index is 0.509. The minimum absolute atomic E-state index is 0.509. The predicted octanol–water partition coefficient (Wildman–Crippen LogP) is 2.21. The van der Waals surface area contributed by atoms with E-state index in [2.05, 4.69) is 52.1 Å². The van der Waals surface area contributed by atoms with Crippen LogP contribution in [0.5, 0.6) is 0 Å². The quantitative estimate of drug-likeness (QED) is 0.897. The minimum Gasteiger partial charge on any atom is -0.382 e. The Balaban J connectivity index is 2.50. The molecule has 0 fully saturated rings. The Kier molecular flexibility index (Phi) is 4.35. The molecular weight excluding hydrogens is 242 g/mol. The SMILES string of the molecule is CC(CNc1ccncc1Br)N(C)C. The number of halogens is 1. The number of nitrogens with zero attached hydrogens (tertiary/aromatic N) is 2. The molecule has 1 rings (SSSR count). The Morgan fingerprint density at radius 3 is 2.86 bits per heavy atom. The van der Waals surface area contributed by atoms with Gasteiger partial charge in [0.25, 0.3) is 0 Å². The Labute approximate surface area is 93.7 Å². The second-order valence-electron chi connectivity index (χ2n) is 3.55. The van der Waals surface area contributed by atoms with Gasteiger partial charge in [-0.1, -0.05) is 0 Å². The normalized spacial score (nSPS) is 12.9. The van der Waals surface area contributed by atoms with Crippen molar-refractivity contribution >= 4 is 21.6 Å². The van der Waals surface area contributed by atoms with Gasteiger partial charge in [0.1, 0.15) is 0 Å². The zero-order valence-corrected chi connectivity index (χ0v) is 10.4. The molecule has 0 saturated carbocycles. The first-order chi connectivity index (χ1) is 6.61. The second-order valence-corrected chi connectivity index (χ2v) is 4.40. The molecule has 1 N–H and O–H groups in total. The maximum Gasteiger partial charge on any atom is 0.0590 e. The van der Waals surface area contributed by atoms with Gasteiger partial charge in [-0.2, -0.15) is 0 Å². The van der Waals surface area contributed by atoms with Crippen LogP contribution in [0.25, 0.3) is 0 Å². The van der Waals surface area contributed by atoms with Crippen LogP contribution in [0.4, 0.5) is 5.69 Å². The molecule has 0 aliphatic rings. The molecule has 4 heteroatoms. The molecule has 0 amide bonds. The molecule has 0 aliphatic carbocycles. The van der Waals surface area contributed by atoms with Gasteiger partial charge >= 0.3 is 0 Å². The van der Waals surface area contributed by atoms with E-state index in [9.17, 15) is 0 Å². The molecule has 1 atom stereocenters. The highest BCUT2D eigenvalue weighted by molar-refractivity contribution is 9.10. The first kappa shape index (κ1) is 11.5. The van der Waals surface area contributed by atoms with E-state index in [1.807, 2.05) is 6.07 Å². The fourth-order valence-corrected chi connectivity index (χ4v) is 1.35. The first-order valence-corrected chi connectivity index (χ1v) is 5.40. The lowest BCUT2D eigenvalue weighted by molar-refractivity contribution is 0.326. The van der Waals surface area contributed by atoms with Gasteiger partial charge in [0.15, 0.2) is 0 Å². The summed E-state index contributed by atoms with van der Waals surface area (Å²) in [6, 6.07) is 2.47. The smallest absolute Gasteiger partial charge is 0.0590 e. The summed E-state index contributed by atoms with van der Waals surface area (Å²) < 4.78 is 1.01. The van der Waals surface area contributed by atoms with E-state index >= 15 is 0 Å². The summed E-state index contributed by atoms with van der Waals surface area (Å²) in [5.74, 6) is 0. The van der Waals surface area contributed by atoms with Gasteiger partial charge in [0.05, 0.1) is 10.2 Å². The molecule has 1 aromatic rings. The number of hydrogen-bond acceptors (Lipinski definition) is 3. The molecular formula is C10H16BrN3. The maximum atomic E-state index is 4.01. The Morgan fingerprint density at radius 2 is 2.29 bits per heavy atom. The Bertz CT molecular complexity index is 288. The van der Waals surface area contributed by atoms with Crippen LogP contribution in [0, 0.1) is 0 Å². The summed E-state index contributed by atoms with van der Waals surface area (Å²) >= 11 is 3.44. The van der Waals surface area contributed by atoms with Crippen molar-refractivity contribution in [1.82, 2.24) is 9.88 Å². The van der Waals surface area contributed by atoms with Crippen LogP contribution in [-0.2, 0) is 0 Å². The van der Waals surface area contributed by atoms with Crippen molar-refractivity contribution in [2.75, 3.05) is 26.0 Å². The lowest BCUT2D eigenvalue weighted by Gasteiger charge is -2.20. The number of rotatable bonds is 4. The molecule has 14 heavy (non-hydrogen) atoms. The molecule has 0 spiro atoms. The van der Waals surface area contributed by atoms with Gasteiger partial charge in [0, 0.05) is 25.0 Å². The fourth-order valence-electron chi connectivity index (χ4n) is 0.959. The highest BCUT2D eigenvalue weighted by atomic mass is 79.9. The maximum absolute atomic E-state index is 4.01. The molecule has 0 aliphatic heterocycles. The monoisotopic (exact) mass is 257 g/mol. The van der Waals surface area contributed by atoms with E-state index in [4.69, 9.17) is 0 Å². The number of anilines is 1. The van der Waals surface area contributed by atoms with Crippen molar-refractivity contribution in [2.24, 2.45) is 0 Å². The summed E-state index contributed by atoms with van der Waals surface area (Å²) in [7, 11) is 4.15. The lowest BCUT2D eigenvalue weighted by Crippen LogP contribution is -2.31. The molecule has 1 heterocycles. The Morgan fingerprint density at radius 1 is 1.57 bits per heavy atom. The largest absolute Gasteiger partial charge is 0.382 e. The second kappa shape index (κ2) is 5.32. The van der Waals surface area contributed by atoms with Crippen molar-refractivity contribution in [2.45, 2.75) is 13.0 Å². The number of likely N-dealkylation sites (N-methyl/N-ethyl adjacent to an activating group) is 1. The number of aromatic nitrogens is 1. The number of pyridine rings is 1. The Hall–Kier alpha value is -0.610. The lowest BCUT2D eigenvalue weighted by atomic mass is 10.3. The van der Waals surface area contributed by atoms with E-state index in [1.54, 1.807) is 12.4 Å². The molecule has 1 unspecified atom stereocenters. The van der Waals surface area contributed by atoms with Crippen molar-refractivity contribution < 1.29 is 0 Å². The highest BCUT2D eigenvalue weighted by Crippen LogP contribution is 2.19.